The maximum Gasteiger partial charge on any atom is 0.253 e. The fourth-order valence-electron chi connectivity index (χ4n) is 1.64. The van der Waals surface area contributed by atoms with Gasteiger partial charge in [0, 0.05) is 31.5 Å². The van der Waals surface area contributed by atoms with Gasteiger partial charge in [-0.1, -0.05) is 0 Å². The highest BCUT2D eigenvalue weighted by molar-refractivity contribution is 5.94. The van der Waals surface area contributed by atoms with Crippen LogP contribution in [-0.4, -0.2) is 34.7 Å². The summed E-state index contributed by atoms with van der Waals surface area (Å²) in [7, 11) is 3.49. The fourth-order valence-corrected chi connectivity index (χ4v) is 1.64. The lowest BCUT2D eigenvalue weighted by molar-refractivity contribution is 0.0827. The highest BCUT2D eigenvalue weighted by atomic mass is 16.2. The standard InChI is InChI=1S/C13H15N3O/c1-10-8-9-14-16(10)12-6-4-11(5-7-12)13(17)15(2)3/h4-9H,1-3H3. The Morgan fingerprint density at radius 3 is 2.29 bits per heavy atom. The van der Waals surface area contributed by atoms with Crippen molar-refractivity contribution in [1.82, 2.24) is 14.7 Å². The summed E-state index contributed by atoms with van der Waals surface area (Å²) in [4.78, 5) is 13.3. The molecule has 1 amide bonds. The molecule has 17 heavy (non-hydrogen) atoms. The van der Waals surface area contributed by atoms with Gasteiger partial charge in [-0.25, -0.2) is 4.68 Å². The van der Waals surface area contributed by atoms with E-state index in [1.54, 1.807) is 25.2 Å². The molecule has 0 N–H and O–H groups in total. The van der Waals surface area contributed by atoms with Crippen molar-refractivity contribution in [2.75, 3.05) is 14.1 Å². The van der Waals surface area contributed by atoms with E-state index in [9.17, 15) is 4.79 Å². The van der Waals surface area contributed by atoms with Crippen molar-refractivity contribution in [3.05, 3.63) is 47.8 Å². The molecule has 0 spiro atoms. The maximum atomic E-state index is 11.7. The molecule has 1 aromatic carbocycles. The van der Waals surface area contributed by atoms with Crippen molar-refractivity contribution < 1.29 is 4.79 Å². The predicted molar refractivity (Wildman–Crippen MR) is 66.3 cm³/mol. The molecule has 0 aliphatic carbocycles. The van der Waals surface area contributed by atoms with E-state index in [0.29, 0.717) is 5.56 Å². The van der Waals surface area contributed by atoms with Gasteiger partial charge in [0.25, 0.3) is 5.91 Å². The molecular weight excluding hydrogens is 214 g/mol. The zero-order valence-electron chi connectivity index (χ0n) is 10.2. The quantitative estimate of drug-likeness (QED) is 0.788. The maximum absolute atomic E-state index is 11.7. The summed E-state index contributed by atoms with van der Waals surface area (Å²) in [5.74, 6) is 0.00809. The van der Waals surface area contributed by atoms with Crippen LogP contribution in [0.5, 0.6) is 0 Å². The third-order valence-electron chi connectivity index (χ3n) is 2.60. The van der Waals surface area contributed by atoms with Crippen LogP contribution in [0.2, 0.25) is 0 Å². The van der Waals surface area contributed by atoms with Gasteiger partial charge in [-0.3, -0.25) is 4.79 Å². The van der Waals surface area contributed by atoms with Gasteiger partial charge in [-0.2, -0.15) is 5.10 Å². The molecule has 0 bridgehead atoms. The van der Waals surface area contributed by atoms with E-state index < -0.39 is 0 Å². The van der Waals surface area contributed by atoms with Gasteiger partial charge in [-0.15, -0.1) is 0 Å². The van der Waals surface area contributed by atoms with Gasteiger partial charge in [0.05, 0.1) is 5.69 Å². The molecule has 0 aliphatic heterocycles. The fraction of sp³-hybridized carbons (Fsp3) is 0.231. The Morgan fingerprint density at radius 1 is 1.18 bits per heavy atom. The van der Waals surface area contributed by atoms with Crippen molar-refractivity contribution >= 4 is 5.91 Å². The van der Waals surface area contributed by atoms with Crippen molar-refractivity contribution in [1.29, 1.82) is 0 Å². The summed E-state index contributed by atoms with van der Waals surface area (Å²) < 4.78 is 1.84. The Bertz CT molecular complexity index is 526. The summed E-state index contributed by atoms with van der Waals surface area (Å²) in [6, 6.07) is 9.38. The predicted octanol–water partition coefficient (Wildman–Crippen LogP) is 1.88. The lowest BCUT2D eigenvalue weighted by Gasteiger charge is -2.11. The summed E-state index contributed by atoms with van der Waals surface area (Å²) in [6.07, 6.45) is 1.76. The average molecular weight is 229 g/mol. The number of hydrogen-bond donors (Lipinski definition) is 0. The van der Waals surface area contributed by atoms with Crippen LogP contribution in [0.25, 0.3) is 5.69 Å². The Labute approximate surface area is 100 Å². The first-order chi connectivity index (χ1) is 8.09. The second kappa shape index (κ2) is 4.41. The number of carbonyl (C=O) groups excluding carboxylic acids is 1. The topological polar surface area (TPSA) is 38.1 Å². The van der Waals surface area contributed by atoms with Crippen LogP contribution in [0.1, 0.15) is 16.1 Å². The summed E-state index contributed by atoms with van der Waals surface area (Å²) in [5, 5.41) is 4.22. The number of hydrogen-bond acceptors (Lipinski definition) is 2. The van der Waals surface area contributed by atoms with Crippen LogP contribution >= 0.6 is 0 Å². The van der Waals surface area contributed by atoms with Crippen molar-refractivity contribution in [2.24, 2.45) is 0 Å². The second-order valence-corrected chi connectivity index (χ2v) is 4.13. The lowest BCUT2D eigenvalue weighted by atomic mass is 10.2. The number of aromatic nitrogens is 2. The van der Waals surface area contributed by atoms with Crippen molar-refractivity contribution in [3.8, 4) is 5.69 Å². The Morgan fingerprint density at radius 2 is 1.82 bits per heavy atom. The van der Waals surface area contributed by atoms with Gasteiger partial charge in [0.2, 0.25) is 0 Å². The van der Waals surface area contributed by atoms with Crippen LogP contribution in [0, 0.1) is 6.92 Å². The van der Waals surface area contributed by atoms with Crippen molar-refractivity contribution in [2.45, 2.75) is 6.92 Å². The second-order valence-electron chi connectivity index (χ2n) is 4.13. The minimum Gasteiger partial charge on any atom is -0.345 e. The highest BCUT2D eigenvalue weighted by Crippen LogP contribution is 2.12. The van der Waals surface area contributed by atoms with E-state index in [2.05, 4.69) is 5.10 Å². The molecule has 0 aliphatic rings. The van der Waals surface area contributed by atoms with E-state index >= 15 is 0 Å². The van der Waals surface area contributed by atoms with Gasteiger partial charge < -0.3 is 4.90 Å². The minimum absolute atomic E-state index is 0.00809. The van der Waals surface area contributed by atoms with E-state index in [0.717, 1.165) is 11.4 Å². The average Bonchev–Trinajstić information content (AvgIpc) is 2.74. The number of nitrogens with zero attached hydrogens (tertiary/aromatic N) is 3. The van der Waals surface area contributed by atoms with Crippen LogP contribution in [-0.2, 0) is 0 Å². The zero-order chi connectivity index (χ0) is 12.4. The highest BCUT2D eigenvalue weighted by Gasteiger charge is 2.08. The van der Waals surface area contributed by atoms with Crippen molar-refractivity contribution in [3.63, 3.8) is 0 Å². The van der Waals surface area contributed by atoms with Gasteiger partial charge in [0.15, 0.2) is 0 Å². The molecule has 0 saturated heterocycles. The lowest BCUT2D eigenvalue weighted by Crippen LogP contribution is -2.21. The third-order valence-corrected chi connectivity index (χ3v) is 2.60. The molecule has 0 fully saturated rings. The third kappa shape index (κ3) is 2.20. The molecule has 2 aromatic rings. The molecular formula is C13H15N3O. The number of benzene rings is 1. The largest absolute Gasteiger partial charge is 0.345 e. The molecule has 4 nitrogen and oxygen atoms in total. The molecule has 88 valence electrons. The Kier molecular flexibility index (Phi) is 2.95. The summed E-state index contributed by atoms with van der Waals surface area (Å²) in [6.45, 7) is 1.99. The first-order valence-corrected chi connectivity index (χ1v) is 5.42. The van der Waals surface area contributed by atoms with Crippen LogP contribution in [0.15, 0.2) is 36.5 Å². The molecule has 1 aromatic heterocycles. The Hall–Kier alpha value is -2.10. The van der Waals surface area contributed by atoms with Crippen LogP contribution < -0.4 is 0 Å². The molecule has 0 saturated carbocycles. The molecule has 4 heteroatoms. The van der Waals surface area contributed by atoms with Gasteiger partial charge in [-0.05, 0) is 37.3 Å². The first-order valence-electron chi connectivity index (χ1n) is 5.42. The molecule has 2 rings (SSSR count). The normalized spacial score (nSPS) is 10.3. The number of amides is 1. The number of aryl methyl sites for hydroxylation is 1. The number of carbonyl (C=O) groups is 1. The number of rotatable bonds is 2. The molecule has 0 radical (unpaired) electrons. The Balaban J connectivity index is 2.31. The van der Waals surface area contributed by atoms with Gasteiger partial charge >= 0.3 is 0 Å². The van der Waals surface area contributed by atoms with E-state index in [1.807, 2.05) is 41.9 Å². The minimum atomic E-state index is 0.00809. The first kappa shape index (κ1) is 11.4. The van der Waals surface area contributed by atoms with Crippen LogP contribution in [0.4, 0.5) is 0 Å². The molecule has 0 atom stereocenters. The summed E-state index contributed by atoms with van der Waals surface area (Å²) >= 11 is 0. The smallest absolute Gasteiger partial charge is 0.253 e. The SMILES string of the molecule is Cc1ccnn1-c1ccc(C(=O)N(C)C)cc1. The van der Waals surface area contributed by atoms with Crippen LogP contribution in [0.3, 0.4) is 0 Å². The van der Waals surface area contributed by atoms with Gasteiger partial charge in [0.1, 0.15) is 0 Å². The summed E-state index contributed by atoms with van der Waals surface area (Å²) in [5.41, 5.74) is 2.71. The van der Waals surface area contributed by atoms with E-state index in [1.165, 1.54) is 0 Å². The zero-order valence-corrected chi connectivity index (χ0v) is 10.2. The van der Waals surface area contributed by atoms with E-state index in [-0.39, 0.29) is 5.91 Å². The van der Waals surface area contributed by atoms with E-state index in [4.69, 9.17) is 0 Å². The molecule has 0 unspecified atom stereocenters. The monoisotopic (exact) mass is 229 g/mol. The molecule has 1 heterocycles.